The molecule has 3 N–H and O–H groups in total. The summed E-state index contributed by atoms with van der Waals surface area (Å²) in [6.07, 6.45) is 4.39. The first-order chi connectivity index (χ1) is 11.0. The molecule has 0 radical (unpaired) electrons. The average molecular weight is 315 g/mol. The van der Waals surface area contributed by atoms with Gasteiger partial charge in [-0.15, -0.1) is 0 Å². The average Bonchev–Trinajstić information content (AvgIpc) is 3.01. The van der Waals surface area contributed by atoms with Crippen LogP contribution in [0.15, 0.2) is 24.4 Å². The number of nitrogens with two attached hydrogens (primary N) is 1. The number of hydrogen-bond acceptors (Lipinski definition) is 4. The lowest BCUT2D eigenvalue weighted by atomic mass is 10.0. The zero-order valence-electron chi connectivity index (χ0n) is 13.8. The predicted molar refractivity (Wildman–Crippen MR) is 91.1 cm³/mol. The maximum absolute atomic E-state index is 12.6. The highest BCUT2D eigenvalue weighted by Gasteiger charge is 2.27. The quantitative estimate of drug-likeness (QED) is 0.882. The van der Waals surface area contributed by atoms with Crippen molar-refractivity contribution in [2.45, 2.75) is 31.3 Å². The number of nitrogens with zero attached hydrogens (tertiary/aromatic N) is 3. The normalized spacial score (nSPS) is 17.8. The molecule has 1 aromatic carbocycles. The fourth-order valence-electron chi connectivity index (χ4n) is 3.30. The minimum atomic E-state index is -0.477. The number of carbonyl (C=O) groups is 1. The fraction of sp³-hybridized carbons (Fsp3) is 0.529. The minimum absolute atomic E-state index is 0.0643. The van der Waals surface area contributed by atoms with Gasteiger partial charge in [0.2, 0.25) is 5.91 Å². The van der Waals surface area contributed by atoms with E-state index in [-0.39, 0.29) is 5.91 Å². The Morgan fingerprint density at radius 1 is 1.43 bits per heavy atom. The van der Waals surface area contributed by atoms with Gasteiger partial charge in [0.05, 0.1) is 17.8 Å². The van der Waals surface area contributed by atoms with Crippen LogP contribution in [0.2, 0.25) is 0 Å². The van der Waals surface area contributed by atoms with Crippen molar-refractivity contribution in [3.63, 3.8) is 0 Å². The maximum atomic E-state index is 12.6. The summed E-state index contributed by atoms with van der Waals surface area (Å²) < 4.78 is 0. The van der Waals surface area contributed by atoms with E-state index in [9.17, 15) is 4.79 Å². The van der Waals surface area contributed by atoms with Crippen molar-refractivity contribution in [3.05, 3.63) is 30.0 Å². The van der Waals surface area contributed by atoms with E-state index in [1.54, 1.807) is 6.20 Å². The van der Waals surface area contributed by atoms with E-state index in [4.69, 9.17) is 5.73 Å². The fourth-order valence-corrected chi connectivity index (χ4v) is 3.30. The van der Waals surface area contributed by atoms with Crippen LogP contribution in [0.5, 0.6) is 0 Å². The van der Waals surface area contributed by atoms with Gasteiger partial charge in [0.15, 0.2) is 0 Å². The summed E-state index contributed by atoms with van der Waals surface area (Å²) in [5.41, 5.74) is 8.24. The Kier molecular flexibility index (Phi) is 4.63. The van der Waals surface area contributed by atoms with Crippen molar-refractivity contribution in [2.75, 3.05) is 27.2 Å². The van der Waals surface area contributed by atoms with Gasteiger partial charge in [-0.2, -0.15) is 5.10 Å². The third kappa shape index (κ3) is 3.54. The lowest BCUT2D eigenvalue weighted by molar-refractivity contribution is -0.134. The van der Waals surface area contributed by atoms with Crippen LogP contribution in [-0.4, -0.2) is 65.2 Å². The Hall–Kier alpha value is -1.92. The third-order valence-corrected chi connectivity index (χ3v) is 4.78. The maximum Gasteiger partial charge on any atom is 0.239 e. The van der Waals surface area contributed by atoms with Gasteiger partial charge >= 0.3 is 0 Å². The van der Waals surface area contributed by atoms with E-state index in [1.807, 2.05) is 23.1 Å². The SMILES string of the molecule is CN(C)C1CCN(C(=O)C(N)Cc2ccc3[nH]ncc3c2)CC1. The number of nitrogens with one attached hydrogen (secondary N) is 1. The molecule has 0 spiro atoms. The summed E-state index contributed by atoms with van der Waals surface area (Å²) >= 11 is 0. The lowest BCUT2D eigenvalue weighted by Crippen LogP contribution is -2.50. The van der Waals surface area contributed by atoms with E-state index in [2.05, 4.69) is 29.2 Å². The number of aromatic nitrogens is 2. The zero-order valence-corrected chi connectivity index (χ0v) is 13.8. The number of rotatable bonds is 4. The van der Waals surface area contributed by atoms with Crippen LogP contribution in [0.25, 0.3) is 10.9 Å². The predicted octanol–water partition coefficient (Wildman–Crippen LogP) is 0.985. The third-order valence-electron chi connectivity index (χ3n) is 4.78. The van der Waals surface area contributed by atoms with Gasteiger partial charge in [-0.1, -0.05) is 6.07 Å². The molecule has 23 heavy (non-hydrogen) atoms. The Balaban J connectivity index is 1.59. The Morgan fingerprint density at radius 2 is 2.17 bits per heavy atom. The molecule has 6 nitrogen and oxygen atoms in total. The minimum Gasteiger partial charge on any atom is -0.341 e. The molecule has 3 rings (SSSR count). The molecule has 1 atom stereocenters. The number of carbonyl (C=O) groups excluding carboxylic acids is 1. The van der Waals surface area contributed by atoms with E-state index in [0.29, 0.717) is 12.5 Å². The Bertz CT molecular complexity index is 672. The largest absolute Gasteiger partial charge is 0.341 e. The number of piperidine rings is 1. The zero-order chi connectivity index (χ0) is 16.4. The van der Waals surface area contributed by atoms with Gasteiger partial charge in [-0.25, -0.2) is 0 Å². The van der Waals surface area contributed by atoms with Crippen LogP contribution >= 0.6 is 0 Å². The second-order valence-corrected chi connectivity index (χ2v) is 6.62. The van der Waals surface area contributed by atoms with Gasteiger partial charge in [-0.05, 0) is 51.1 Å². The van der Waals surface area contributed by atoms with E-state index >= 15 is 0 Å². The van der Waals surface area contributed by atoms with Crippen molar-refractivity contribution in [2.24, 2.45) is 5.73 Å². The molecule has 0 aliphatic carbocycles. The summed E-state index contributed by atoms with van der Waals surface area (Å²) in [5.74, 6) is 0.0643. The molecule has 1 fully saturated rings. The number of H-pyrrole nitrogens is 1. The summed E-state index contributed by atoms with van der Waals surface area (Å²) in [4.78, 5) is 16.7. The van der Waals surface area contributed by atoms with Gasteiger partial charge in [0.25, 0.3) is 0 Å². The van der Waals surface area contributed by atoms with Crippen LogP contribution in [0.1, 0.15) is 18.4 Å². The van der Waals surface area contributed by atoms with Gasteiger partial charge in [0.1, 0.15) is 0 Å². The molecule has 0 bridgehead atoms. The van der Waals surface area contributed by atoms with Crippen LogP contribution in [0.4, 0.5) is 0 Å². The van der Waals surface area contributed by atoms with Gasteiger partial charge in [-0.3, -0.25) is 9.89 Å². The Morgan fingerprint density at radius 3 is 2.87 bits per heavy atom. The summed E-state index contributed by atoms with van der Waals surface area (Å²) in [5, 5.41) is 7.99. The highest BCUT2D eigenvalue weighted by atomic mass is 16.2. The smallest absolute Gasteiger partial charge is 0.239 e. The van der Waals surface area contributed by atoms with Crippen LogP contribution in [0, 0.1) is 0 Å². The van der Waals surface area contributed by atoms with Gasteiger partial charge in [0, 0.05) is 24.5 Å². The van der Waals surface area contributed by atoms with Crippen LogP contribution in [-0.2, 0) is 11.2 Å². The van der Waals surface area contributed by atoms with Crippen molar-refractivity contribution in [3.8, 4) is 0 Å². The molecule has 1 saturated heterocycles. The summed E-state index contributed by atoms with van der Waals surface area (Å²) in [7, 11) is 4.19. The van der Waals surface area contributed by atoms with Crippen LogP contribution in [0.3, 0.4) is 0 Å². The summed E-state index contributed by atoms with van der Waals surface area (Å²) in [6.45, 7) is 1.60. The molecule has 6 heteroatoms. The second kappa shape index (κ2) is 6.68. The number of hydrogen-bond donors (Lipinski definition) is 2. The molecule has 2 heterocycles. The Labute approximate surface area is 136 Å². The lowest BCUT2D eigenvalue weighted by Gasteiger charge is -2.36. The first-order valence-electron chi connectivity index (χ1n) is 8.17. The van der Waals surface area contributed by atoms with Crippen molar-refractivity contribution < 1.29 is 4.79 Å². The van der Waals surface area contributed by atoms with Crippen molar-refractivity contribution >= 4 is 16.8 Å². The molecular weight excluding hydrogens is 290 g/mol. The standard InChI is InChI=1S/C17H25N5O/c1-21(2)14-5-7-22(8-6-14)17(23)15(18)10-12-3-4-16-13(9-12)11-19-20-16/h3-4,9,11,14-15H,5-8,10,18H2,1-2H3,(H,19,20). The highest BCUT2D eigenvalue weighted by molar-refractivity contribution is 5.83. The molecule has 1 aliphatic rings. The molecule has 124 valence electrons. The summed E-state index contributed by atoms with van der Waals surface area (Å²) in [6, 6.07) is 6.13. The monoisotopic (exact) mass is 315 g/mol. The van der Waals surface area contributed by atoms with Crippen molar-refractivity contribution in [1.82, 2.24) is 20.0 Å². The van der Waals surface area contributed by atoms with Crippen LogP contribution < -0.4 is 5.73 Å². The molecule has 1 unspecified atom stereocenters. The number of benzene rings is 1. The number of amides is 1. The molecule has 1 aromatic heterocycles. The molecule has 0 saturated carbocycles. The number of aromatic amines is 1. The number of fused-ring (bicyclic) bond motifs is 1. The molecular formula is C17H25N5O. The molecule has 1 aliphatic heterocycles. The topological polar surface area (TPSA) is 78.2 Å². The number of likely N-dealkylation sites (tertiary alicyclic amines) is 1. The first-order valence-corrected chi connectivity index (χ1v) is 8.17. The molecule has 2 aromatic rings. The van der Waals surface area contributed by atoms with E-state index < -0.39 is 6.04 Å². The highest BCUT2D eigenvalue weighted by Crippen LogP contribution is 2.17. The van der Waals surface area contributed by atoms with Gasteiger partial charge < -0.3 is 15.5 Å². The van der Waals surface area contributed by atoms with Crippen molar-refractivity contribution in [1.29, 1.82) is 0 Å². The van der Waals surface area contributed by atoms with E-state index in [0.717, 1.165) is 42.4 Å². The first kappa shape index (κ1) is 16.0. The van der Waals surface area contributed by atoms with E-state index in [1.165, 1.54) is 0 Å². The molecule has 1 amide bonds. The second-order valence-electron chi connectivity index (χ2n) is 6.62.